The highest BCUT2D eigenvalue weighted by Crippen LogP contribution is 2.25. The van der Waals surface area contributed by atoms with Gasteiger partial charge in [-0.3, -0.25) is 4.79 Å². The quantitative estimate of drug-likeness (QED) is 0.514. The SMILES string of the molecule is COc1ccccc1CNC(=O)Cc1nnn(-c2ccccc2)c1-c1ccccc1. The van der Waals surface area contributed by atoms with E-state index in [1.165, 1.54) is 0 Å². The molecule has 0 spiro atoms. The van der Waals surface area contributed by atoms with Gasteiger partial charge >= 0.3 is 0 Å². The molecule has 150 valence electrons. The smallest absolute Gasteiger partial charge is 0.226 e. The van der Waals surface area contributed by atoms with E-state index in [9.17, 15) is 4.79 Å². The minimum absolute atomic E-state index is 0.127. The summed E-state index contributed by atoms with van der Waals surface area (Å²) in [6.07, 6.45) is 0.131. The first kappa shape index (κ1) is 19.4. The van der Waals surface area contributed by atoms with Gasteiger partial charge in [-0.15, -0.1) is 5.10 Å². The molecule has 6 heteroatoms. The van der Waals surface area contributed by atoms with E-state index < -0.39 is 0 Å². The predicted molar refractivity (Wildman–Crippen MR) is 115 cm³/mol. The summed E-state index contributed by atoms with van der Waals surface area (Å²) < 4.78 is 7.12. The molecular formula is C24H22N4O2. The first-order chi connectivity index (χ1) is 14.8. The van der Waals surface area contributed by atoms with Crippen LogP contribution in [0.5, 0.6) is 5.75 Å². The van der Waals surface area contributed by atoms with Crippen molar-refractivity contribution in [3.63, 3.8) is 0 Å². The van der Waals surface area contributed by atoms with Gasteiger partial charge in [0, 0.05) is 17.7 Å². The normalized spacial score (nSPS) is 10.6. The summed E-state index contributed by atoms with van der Waals surface area (Å²) in [5.41, 5.74) is 4.21. The van der Waals surface area contributed by atoms with E-state index in [1.54, 1.807) is 11.8 Å². The fraction of sp³-hybridized carbons (Fsp3) is 0.125. The number of aromatic nitrogens is 3. The van der Waals surface area contributed by atoms with Gasteiger partial charge in [0.05, 0.1) is 24.9 Å². The van der Waals surface area contributed by atoms with Crippen LogP contribution in [-0.2, 0) is 17.8 Å². The van der Waals surface area contributed by atoms with Crippen molar-refractivity contribution in [3.05, 3.63) is 96.2 Å². The van der Waals surface area contributed by atoms with Crippen LogP contribution in [0.4, 0.5) is 0 Å². The van der Waals surface area contributed by atoms with Gasteiger partial charge in [0.25, 0.3) is 0 Å². The third-order valence-electron chi connectivity index (χ3n) is 4.78. The molecule has 0 aliphatic carbocycles. The maximum Gasteiger partial charge on any atom is 0.226 e. The van der Waals surface area contributed by atoms with Crippen LogP contribution in [0.2, 0.25) is 0 Å². The topological polar surface area (TPSA) is 69.0 Å². The van der Waals surface area contributed by atoms with Crippen molar-refractivity contribution in [2.24, 2.45) is 0 Å². The average molecular weight is 398 g/mol. The Balaban J connectivity index is 1.58. The Morgan fingerprint density at radius 3 is 2.33 bits per heavy atom. The van der Waals surface area contributed by atoms with Gasteiger partial charge in [0.2, 0.25) is 5.91 Å². The Kier molecular flexibility index (Phi) is 5.85. The summed E-state index contributed by atoms with van der Waals surface area (Å²) in [5, 5.41) is 11.6. The van der Waals surface area contributed by atoms with Crippen molar-refractivity contribution < 1.29 is 9.53 Å². The highest BCUT2D eigenvalue weighted by molar-refractivity contribution is 5.80. The van der Waals surface area contributed by atoms with Crippen LogP contribution in [0.1, 0.15) is 11.3 Å². The number of amides is 1. The second-order valence-corrected chi connectivity index (χ2v) is 6.76. The predicted octanol–water partition coefficient (Wildman–Crippen LogP) is 3.80. The van der Waals surface area contributed by atoms with Gasteiger partial charge in [-0.25, -0.2) is 4.68 Å². The number of carbonyl (C=O) groups is 1. The molecule has 6 nitrogen and oxygen atoms in total. The molecule has 4 rings (SSSR count). The lowest BCUT2D eigenvalue weighted by atomic mass is 10.1. The van der Waals surface area contributed by atoms with Crippen LogP contribution in [0, 0.1) is 0 Å². The molecular weight excluding hydrogens is 376 g/mol. The van der Waals surface area contributed by atoms with Gasteiger partial charge in [0.1, 0.15) is 11.4 Å². The molecule has 0 atom stereocenters. The zero-order valence-electron chi connectivity index (χ0n) is 16.7. The average Bonchev–Trinajstić information content (AvgIpc) is 3.22. The summed E-state index contributed by atoms with van der Waals surface area (Å²) in [5.74, 6) is 0.621. The van der Waals surface area contributed by atoms with E-state index in [0.717, 1.165) is 28.3 Å². The van der Waals surface area contributed by atoms with E-state index in [4.69, 9.17) is 4.74 Å². The highest BCUT2D eigenvalue weighted by atomic mass is 16.5. The van der Waals surface area contributed by atoms with Crippen LogP contribution in [0.3, 0.4) is 0 Å². The minimum atomic E-state index is -0.127. The van der Waals surface area contributed by atoms with Crippen molar-refractivity contribution in [1.29, 1.82) is 0 Å². The van der Waals surface area contributed by atoms with E-state index in [0.29, 0.717) is 12.2 Å². The van der Waals surface area contributed by atoms with Crippen molar-refractivity contribution in [2.75, 3.05) is 7.11 Å². The van der Waals surface area contributed by atoms with Crippen LogP contribution < -0.4 is 10.1 Å². The first-order valence-electron chi connectivity index (χ1n) is 9.70. The van der Waals surface area contributed by atoms with Crippen LogP contribution >= 0.6 is 0 Å². The second-order valence-electron chi connectivity index (χ2n) is 6.76. The monoisotopic (exact) mass is 398 g/mol. The standard InChI is InChI=1S/C24H22N4O2/c1-30-22-15-9-8-12-19(22)17-25-23(29)16-21-24(18-10-4-2-5-11-18)28(27-26-21)20-13-6-3-7-14-20/h2-15H,16-17H2,1H3,(H,25,29). The zero-order valence-corrected chi connectivity index (χ0v) is 16.7. The number of carbonyl (C=O) groups excluding carboxylic acids is 1. The van der Waals surface area contributed by atoms with E-state index in [-0.39, 0.29) is 12.3 Å². The van der Waals surface area contributed by atoms with E-state index >= 15 is 0 Å². The number of rotatable bonds is 7. The number of hydrogen-bond acceptors (Lipinski definition) is 4. The Morgan fingerprint density at radius 1 is 0.933 bits per heavy atom. The number of methoxy groups -OCH3 is 1. The summed E-state index contributed by atoms with van der Waals surface area (Å²) in [7, 11) is 1.62. The molecule has 0 aliphatic rings. The van der Waals surface area contributed by atoms with Gasteiger partial charge < -0.3 is 10.1 Å². The molecule has 0 saturated carbocycles. The van der Waals surface area contributed by atoms with Gasteiger partial charge in [-0.05, 0) is 18.2 Å². The lowest BCUT2D eigenvalue weighted by Crippen LogP contribution is -2.25. The van der Waals surface area contributed by atoms with E-state index in [2.05, 4.69) is 15.6 Å². The molecule has 0 saturated heterocycles. The van der Waals surface area contributed by atoms with Crippen LogP contribution in [0.25, 0.3) is 16.9 Å². The lowest BCUT2D eigenvalue weighted by molar-refractivity contribution is -0.120. The summed E-state index contributed by atoms with van der Waals surface area (Å²) in [4.78, 5) is 12.7. The fourth-order valence-corrected chi connectivity index (χ4v) is 3.32. The minimum Gasteiger partial charge on any atom is -0.496 e. The Bertz CT molecular complexity index is 1120. The molecule has 0 fully saturated rings. The highest BCUT2D eigenvalue weighted by Gasteiger charge is 2.19. The number of para-hydroxylation sites is 2. The number of nitrogens with zero attached hydrogens (tertiary/aromatic N) is 3. The molecule has 1 aromatic heterocycles. The van der Waals surface area contributed by atoms with Crippen molar-refractivity contribution in [1.82, 2.24) is 20.3 Å². The second kappa shape index (κ2) is 9.05. The largest absolute Gasteiger partial charge is 0.496 e. The number of ether oxygens (including phenoxy) is 1. The van der Waals surface area contributed by atoms with Crippen molar-refractivity contribution in [3.8, 4) is 22.7 Å². The van der Waals surface area contributed by atoms with Gasteiger partial charge in [-0.1, -0.05) is 71.9 Å². The summed E-state index contributed by atoms with van der Waals surface area (Å²) >= 11 is 0. The first-order valence-corrected chi connectivity index (χ1v) is 9.70. The molecule has 1 heterocycles. The van der Waals surface area contributed by atoms with Crippen molar-refractivity contribution in [2.45, 2.75) is 13.0 Å². The van der Waals surface area contributed by atoms with Gasteiger partial charge in [-0.2, -0.15) is 0 Å². The molecule has 30 heavy (non-hydrogen) atoms. The summed E-state index contributed by atoms with van der Waals surface area (Å²) in [6.45, 7) is 0.385. The molecule has 0 radical (unpaired) electrons. The maximum atomic E-state index is 12.7. The fourth-order valence-electron chi connectivity index (χ4n) is 3.32. The Hall–Kier alpha value is -3.93. The Labute approximate surface area is 175 Å². The zero-order chi connectivity index (χ0) is 20.8. The Morgan fingerprint density at radius 2 is 1.60 bits per heavy atom. The van der Waals surface area contributed by atoms with Crippen LogP contribution in [-0.4, -0.2) is 28.0 Å². The lowest BCUT2D eigenvalue weighted by Gasteiger charge is -2.10. The molecule has 4 aromatic rings. The molecule has 0 aliphatic heterocycles. The molecule has 1 N–H and O–H groups in total. The summed E-state index contributed by atoms with van der Waals surface area (Å²) in [6, 6.07) is 27.3. The molecule has 1 amide bonds. The third kappa shape index (κ3) is 4.22. The maximum absolute atomic E-state index is 12.7. The molecule has 3 aromatic carbocycles. The molecule has 0 unspecified atom stereocenters. The van der Waals surface area contributed by atoms with E-state index in [1.807, 2.05) is 84.9 Å². The molecule has 0 bridgehead atoms. The van der Waals surface area contributed by atoms with Crippen molar-refractivity contribution >= 4 is 5.91 Å². The van der Waals surface area contributed by atoms with Gasteiger partial charge in [0.15, 0.2) is 0 Å². The number of nitrogens with one attached hydrogen (secondary N) is 1. The number of hydrogen-bond donors (Lipinski definition) is 1. The van der Waals surface area contributed by atoms with Crippen LogP contribution in [0.15, 0.2) is 84.9 Å². The third-order valence-corrected chi connectivity index (χ3v) is 4.78. The number of benzene rings is 3.